The molecule has 0 bridgehead atoms. The summed E-state index contributed by atoms with van der Waals surface area (Å²) in [5.74, 6) is -1.35. The molecule has 0 heterocycles. The maximum atomic E-state index is 12.9. The molecule has 0 aliphatic heterocycles. The summed E-state index contributed by atoms with van der Waals surface area (Å²) in [6, 6.07) is 2.57. The molecule has 0 aliphatic rings. The number of hydrogen-bond acceptors (Lipinski definition) is 0. The van der Waals surface area contributed by atoms with Crippen molar-refractivity contribution < 1.29 is 8.78 Å². The van der Waals surface area contributed by atoms with Gasteiger partial charge in [-0.05, 0) is 18.1 Å². The molecule has 0 fully saturated rings. The van der Waals surface area contributed by atoms with Gasteiger partial charge in [0.15, 0.2) is 0 Å². The molecule has 0 radical (unpaired) electrons. The first-order valence-electron chi connectivity index (χ1n) is 3.29. The zero-order valence-corrected chi connectivity index (χ0v) is 6.75. The number of halogens is 3. The van der Waals surface area contributed by atoms with Gasteiger partial charge < -0.3 is 0 Å². The Labute approximate surface area is 68.8 Å². The van der Waals surface area contributed by atoms with E-state index in [1.807, 2.05) is 0 Å². The molecular weight excluding hydrogens is 170 g/mol. The molecule has 0 saturated heterocycles. The highest BCUT2D eigenvalue weighted by Crippen LogP contribution is 2.21. The van der Waals surface area contributed by atoms with Gasteiger partial charge in [0.25, 0.3) is 0 Å². The summed E-state index contributed by atoms with van der Waals surface area (Å²) in [6.07, 6.45) is 0.520. The van der Waals surface area contributed by atoms with Gasteiger partial charge >= 0.3 is 0 Å². The number of hydrogen-bond donors (Lipinski definition) is 0. The van der Waals surface area contributed by atoms with Crippen molar-refractivity contribution in [3.8, 4) is 0 Å². The monoisotopic (exact) mass is 176 g/mol. The third-order valence-corrected chi connectivity index (χ3v) is 1.84. The second-order valence-corrected chi connectivity index (χ2v) is 2.57. The second-order valence-electron chi connectivity index (χ2n) is 2.19. The van der Waals surface area contributed by atoms with Gasteiger partial charge in [-0.2, -0.15) is 0 Å². The fraction of sp³-hybridized carbons (Fsp3) is 0.250. The Morgan fingerprint density at radius 1 is 1.36 bits per heavy atom. The SMILES string of the molecule is CCc1ccc(F)c(Cl)c1F. The van der Waals surface area contributed by atoms with Gasteiger partial charge in [-0.1, -0.05) is 24.6 Å². The van der Waals surface area contributed by atoms with Crippen molar-refractivity contribution in [3.63, 3.8) is 0 Å². The maximum absolute atomic E-state index is 12.9. The Kier molecular flexibility index (Phi) is 2.45. The number of rotatable bonds is 1. The molecule has 1 rings (SSSR count). The minimum absolute atomic E-state index is 0.413. The maximum Gasteiger partial charge on any atom is 0.147 e. The number of benzene rings is 1. The lowest BCUT2D eigenvalue weighted by Crippen LogP contribution is -1.90. The fourth-order valence-corrected chi connectivity index (χ4v) is 1.02. The lowest BCUT2D eigenvalue weighted by molar-refractivity contribution is 0.574. The van der Waals surface area contributed by atoms with E-state index in [0.717, 1.165) is 0 Å². The quantitative estimate of drug-likeness (QED) is 0.577. The predicted octanol–water partition coefficient (Wildman–Crippen LogP) is 3.18. The van der Waals surface area contributed by atoms with E-state index in [4.69, 9.17) is 11.6 Å². The van der Waals surface area contributed by atoms with Crippen LogP contribution in [0.5, 0.6) is 0 Å². The van der Waals surface area contributed by atoms with Crippen LogP contribution < -0.4 is 0 Å². The van der Waals surface area contributed by atoms with Crippen molar-refractivity contribution in [3.05, 3.63) is 34.4 Å². The highest BCUT2D eigenvalue weighted by molar-refractivity contribution is 6.30. The summed E-state index contributed by atoms with van der Waals surface area (Å²) in [4.78, 5) is 0. The van der Waals surface area contributed by atoms with E-state index in [-0.39, 0.29) is 0 Å². The van der Waals surface area contributed by atoms with Crippen LogP contribution in [0.2, 0.25) is 5.02 Å². The molecule has 1 aromatic rings. The minimum Gasteiger partial charge on any atom is -0.205 e. The van der Waals surface area contributed by atoms with Crippen molar-refractivity contribution in [2.75, 3.05) is 0 Å². The summed E-state index contributed by atoms with van der Waals surface area (Å²) >= 11 is 5.31. The molecule has 0 aromatic heterocycles. The Hall–Kier alpha value is -0.630. The van der Waals surface area contributed by atoms with E-state index >= 15 is 0 Å². The van der Waals surface area contributed by atoms with E-state index in [9.17, 15) is 8.78 Å². The van der Waals surface area contributed by atoms with Gasteiger partial charge in [-0.25, -0.2) is 8.78 Å². The molecule has 3 heteroatoms. The predicted molar refractivity (Wildman–Crippen MR) is 40.7 cm³/mol. The van der Waals surface area contributed by atoms with Gasteiger partial charge in [0.05, 0.1) is 0 Å². The molecule has 0 atom stereocenters. The molecule has 0 saturated carbocycles. The van der Waals surface area contributed by atoms with Crippen LogP contribution in [-0.2, 0) is 6.42 Å². The topological polar surface area (TPSA) is 0 Å². The lowest BCUT2D eigenvalue weighted by Gasteiger charge is -2.00. The van der Waals surface area contributed by atoms with Crippen LogP contribution in [0.15, 0.2) is 12.1 Å². The van der Waals surface area contributed by atoms with Gasteiger partial charge in [-0.3, -0.25) is 0 Å². The molecule has 0 aliphatic carbocycles. The van der Waals surface area contributed by atoms with Crippen molar-refractivity contribution in [1.82, 2.24) is 0 Å². The molecule has 11 heavy (non-hydrogen) atoms. The molecule has 60 valence electrons. The molecule has 0 N–H and O–H groups in total. The molecule has 0 unspecified atom stereocenters. The van der Waals surface area contributed by atoms with E-state index in [1.165, 1.54) is 12.1 Å². The Balaban J connectivity index is 3.25. The molecule has 1 aromatic carbocycles. The number of aryl methyl sites for hydroxylation is 1. The molecular formula is C8H7ClF2. The fourth-order valence-electron chi connectivity index (χ4n) is 0.839. The minimum atomic E-state index is -0.707. The summed E-state index contributed by atoms with van der Waals surface area (Å²) < 4.78 is 25.4. The Bertz CT molecular complexity index is 271. The van der Waals surface area contributed by atoms with Crippen LogP contribution in [0.4, 0.5) is 8.78 Å². The van der Waals surface area contributed by atoms with Crippen LogP contribution in [0.25, 0.3) is 0 Å². The largest absolute Gasteiger partial charge is 0.205 e. The molecule has 0 nitrogen and oxygen atoms in total. The summed E-state index contributed by atoms with van der Waals surface area (Å²) in [7, 11) is 0. The van der Waals surface area contributed by atoms with Gasteiger partial charge in [-0.15, -0.1) is 0 Å². The lowest BCUT2D eigenvalue weighted by atomic mass is 10.1. The van der Waals surface area contributed by atoms with Crippen LogP contribution in [0, 0.1) is 11.6 Å². The first-order chi connectivity index (χ1) is 5.16. The van der Waals surface area contributed by atoms with E-state index in [2.05, 4.69) is 0 Å². The first kappa shape index (κ1) is 8.47. The second kappa shape index (κ2) is 3.18. The van der Waals surface area contributed by atoms with Crippen LogP contribution in [0.3, 0.4) is 0 Å². The molecule has 0 spiro atoms. The summed E-state index contributed by atoms with van der Waals surface area (Å²) in [5, 5.41) is -0.413. The van der Waals surface area contributed by atoms with Crippen molar-refractivity contribution in [2.45, 2.75) is 13.3 Å². The molecule has 0 amide bonds. The smallest absolute Gasteiger partial charge is 0.147 e. The van der Waals surface area contributed by atoms with Gasteiger partial charge in [0.1, 0.15) is 16.7 Å². The van der Waals surface area contributed by atoms with E-state index in [1.54, 1.807) is 6.92 Å². The summed E-state index contributed by atoms with van der Waals surface area (Å²) in [5.41, 5.74) is 0.441. The van der Waals surface area contributed by atoms with Crippen molar-refractivity contribution >= 4 is 11.6 Å². The third-order valence-electron chi connectivity index (χ3n) is 1.50. The standard InChI is InChI=1S/C8H7ClF2/c1-2-5-3-4-6(10)7(9)8(5)11/h3-4H,2H2,1H3. The normalized spacial score (nSPS) is 10.2. The van der Waals surface area contributed by atoms with Gasteiger partial charge in [0, 0.05) is 0 Å². The van der Waals surface area contributed by atoms with Gasteiger partial charge in [0.2, 0.25) is 0 Å². The average Bonchev–Trinajstić information content (AvgIpc) is 2.01. The van der Waals surface area contributed by atoms with Crippen molar-refractivity contribution in [2.24, 2.45) is 0 Å². The Morgan fingerprint density at radius 2 is 2.00 bits per heavy atom. The highest BCUT2D eigenvalue weighted by Gasteiger charge is 2.09. The van der Waals surface area contributed by atoms with Crippen molar-refractivity contribution in [1.29, 1.82) is 0 Å². The summed E-state index contributed by atoms with van der Waals surface area (Å²) in [6.45, 7) is 1.78. The Morgan fingerprint density at radius 3 is 2.55 bits per heavy atom. The highest BCUT2D eigenvalue weighted by atomic mass is 35.5. The van der Waals surface area contributed by atoms with Crippen LogP contribution in [0.1, 0.15) is 12.5 Å². The first-order valence-corrected chi connectivity index (χ1v) is 3.67. The van der Waals surface area contributed by atoms with Crippen LogP contribution in [-0.4, -0.2) is 0 Å². The van der Waals surface area contributed by atoms with E-state index in [0.29, 0.717) is 12.0 Å². The van der Waals surface area contributed by atoms with Crippen LogP contribution >= 0.6 is 11.6 Å². The zero-order chi connectivity index (χ0) is 8.43. The average molecular weight is 177 g/mol. The third kappa shape index (κ3) is 1.51. The van der Waals surface area contributed by atoms with E-state index < -0.39 is 16.7 Å². The zero-order valence-electron chi connectivity index (χ0n) is 6.00.